The van der Waals surface area contributed by atoms with Gasteiger partial charge in [-0.05, 0) is 12.8 Å². The molecule has 0 aromatic heterocycles. The van der Waals surface area contributed by atoms with Gasteiger partial charge in [0.25, 0.3) is 0 Å². The lowest BCUT2D eigenvalue weighted by atomic mass is 10.1. The topological polar surface area (TPSA) is 12.0 Å². The fraction of sp³-hybridized carbons (Fsp3) is 0.375. The van der Waals surface area contributed by atoms with E-state index in [1.165, 1.54) is 0 Å². The van der Waals surface area contributed by atoms with E-state index in [-0.39, 0.29) is 0 Å². The number of rotatable bonds is 1. The smallest absolute Gasteiger partial charge is 0.105 e. The fourth-order valence-corrected chi connectivity index (χ4v) is 1.08. The Morgan fingerprint density at radius 2 is 2.40 bits per heavy atom. The van der Waals surface area contributed by atoms with E-state index >= 15 is 0 Å². The number of likely N-dealkylation sites (N-methyl/N-ethyl adjacent to an activating group) is 1. The monoisotopic (exact) mass is 153 g/mol. The average molecular weight is 153 g/mol. The average Bonchev–Trinajstić information content (AvgIpc) is 2.05. The third-order valence-corrected chi connectivity index (χ3v) is 1.92. The Balaban J connectivity index is 2.63. The van der Waals surface area contributed by atoms with Gasteiger partial charge >= 0.3 is 0 Å². The number of hydrogen-bond donors (Lipinski definition) is 1. The van der Waals surface area contributed by atoms with E-state index in [1.807, 2.05) is 7.05 Å². The summed E-state index contributed by atoms with van der Waals surface area (Å²) in [4.78, 5) is 0.843. The molecule has 1 rings (SSSR count). The Morgan fingerprint density at radius 3 is 2.90 bits per heavy atom. The van der Waals surface area contributed by atoms with Gasteiger partial charge < -0.3 is 5.32 Å². The molecule has 0 aromatic carbocycles. The Bertz CT molecular complexity index is 191. The molecule has 0 saturated heterocycles. The lowest BCUT2D eigenvalue weighted by Gasteiger charge is -2.06. The Hall–Kier alpha value is -0.630. The zero-order valence-electron chi connectivity index (χ0n) is 6.05. The lowest BCUT2D eigenvalue weighted by Crippen LogP contribution is -2.17. The van der Waals surface area contributed by atoms with Crippen LogP contribution >= 0.6 is 12.2 Å². The largest absolute Gasteiger partial charge is 0.379 e. The number of allylic oxidation sites excluding steroid dienone is 2. The Kier molecular flexibility index (Phi) is 2.63. The second-order valence-corrected chi connectivity index (χ2v) is 2.63. The molecule has 0 fully saturated rings. The van der Waals surface area contributed by atoms with E-state index in [4.69, 9.17) is 12.2 Å². The summed E-state index contributed by atoms with van der Waals surface area (Å²) in [5.41, 5.74) is 1.16. The highest BCUT2D eigenvalue weighted by Gasteiger charge is 2.00. The van der Waals surface area contributed by atoms with Crippen molar-refractivity contribution in [2.75, 3.05) is 7.05 Å². The molecule has 2 heteroatoms. The molecule has 10 heavy (non-hydrogen) atoms. The molecule has 0 heterocycles. The Labute approximate surface area is 66.8 Å². The minimum absolute atomic E-state index is 0.843. The fourth-order valence-electron chi connectivity index (χ4n) is 0.926. The van der Waals surface area contributed by atoms with Gasteiger partial charge in [-0.15, -0.1) is 0 Å². The van der Waals surface area contributed by atoms with Crippen LogP contribution in [-0.2, 0) is 0 Å². The van der Waals surface area contributed by atoms with Crippen molar-refractivity contribution in [2.24, 2.45) is 0 Å². The van der Waals surface area contributed by atoms with Crippen LogP contribution in [0.25, 0.3) is 0 Å². The van der Waals surface area contributed by atoms with Gasteiger partial charge in [-0.2, -0.15) is 0 Å². The standard InChI is InChI=1S/C8H11NS/c1-9-8(10)7-5-3-2-4-6-7/h3,5-6H,2,4H2,1H3,(H,9,10). The van der Waals surface area contributed by atoms with Crippen molar-refractivity contribution >= 4 is 17.2 Å². The van der Waals surface area contributed by atoms with Crippen LogP contribution in [0, 0.1) is 0 Å². The number of hydrogen-bond acceptors (Lipinski definition) is 1. The zero-order valence-corrected chi connectivity index (χ0v) is 6.87. The summed E-state index contributed by atoms with van der Waals surface area (Å²) in [5.74, 6) is 0. The van der Waals surface area contributed by atoms with E-state index < -0.39 is 0 Å². The van der Waals surface area contributed by atoms with Gasteiger partial charge in [-0.25, -0.2) is 0 Å². The lowest BCUT2D eigenvalue weighted by molar-refractivity contribution is 1.02. The maximum Gasteiger partial charge on any atom is 0.105 e. The quantitative estimate of drug-likeness (QED) is 0.577. The van der Waals surface area contributed by atoms with Crippen LogP contribution < -0.4 is 5.32 Å². The number of thiocarbonyl (C=S) groups is 1. The third-order valence-electron chi connectivity index (χ3n) is 1.48. The molecule has 54 valence electrons. The molecular formula is C8H11NS. The molecule has 0 spiro atoms. The molecule has 1 nitrogen and oxygen atoms in total. The molecule has 0 saturated carbocycles. The van der Waals surface area contributed by atoms with E-state index in [0.29, 0.717) is 0 Å². The van der Waals surface area contributed by atoms with Crippen molar-refractivity contribution in [1.82, 2.24) is 5.32 Å². The molecule has 0 amide bonds. The molecule has 0 atom stereocenters. The highest BCUT2D eigenvalue weighted by atomic mass is 32.1. The molecule has 0 aliphatic heterocycles. The first-order chi connectivity index (χ1) is 4.84. The van der Waals surface area contributed by atoms with Crippen LogP contribution in [0.4, 0.5) is 0 Å². The minimum atomic E-state index is 0.843. The van der Waals surface area contributed by atoms with Crippen LogP contribution in [0.1, 0.15) is 12.8 Å². The molecule has 0 aromatic rings. The van der Waals surface area contributed by atoms with Crippen LogP contribution in [0.15, 0.2) is 23.8 Å². The summed E-state index contributed by atoms with van der Waals surface area (Å²) in [5, 5.41) is 2.95. The predicted molar refractivity (Wildman–Crippen MR) is 48.1 cm³/mol. The van der Waals surface area contributed by atoms with E-state index in [1.54, 1.807) is 0 Å². The van der Waals surface area contributed by atoms with Crippen molar-refractivity contribution in [1.29, 1.82) is 0 Å². The maximum atomic E-state index is 5.04. The van der Waals surface area contributed by atoms with Gasteiger partial charge in [0.1, 0.15) is 4.99 Å². The van der Waals surface area contributed by atoms with Gasteiger partial charge in [0.15, 0.2) is 0 Å². The van der Waals surface area contributed by atoms with Crippen molar-refractivity contribution in [3.8, 4) is 0 Å². The zero-order chi connectivity index (χ0) is 7.40. The Morgan fingerprint density at radius 1 is 1.60 bits per heavy atom. The molecule has 1 aliphatic carbocycles. The first-order valence-corrected chi connectivity index (χ1v) is 3.84. The second kappa shape index (κ2) is 3.52. The van der Waals surface area contributed by atoms with Crippen LogP contribution in [0.2, 0.25) is 0 Å². The first-order valence-electron chi connectivity index (χ1n) is 3.43. The van der Waals surface area contributed by atoms with Gasteiger partial charge in [0.2, 0.25) is 0 Å². The summed E-state index contributed by atoms with van der Waals surface area (Å²) >= 11 is 5.04. The van der Waals surface area contributed by atoms with Gasteiger partial charge in [-0.1, -0.05) is 30.4 Å². The van der Waals surface area contributed by atoms with Gasteiger partial charge in [-0.3, -0.25) is 0 Å². The predicted octanol–water partition coefficient (Wildman–Crippen LogP) is 1.81. The molecule has 1 N–H and O–H groups in total. The van der Waals surface area contributed by atoms with Crippen molar-refractivity contribution in [3.63, 3.8) is 0 Å². The highest BCUT2D eigenvalue weighted by molar-refractivity contribution is 7.80. The molecule has 0 unspecified atom stereocenters. The molecule has 1 aliphatic rings. The highest BCUT2D eigenvalue weighted by Crippen LogP contribution is 2.09. The summed E-state index contributed by atoms with van der Waals surface area (Å²) in [6.45, 7) is 0. The van der Waals surface area contributed by atoms with Crippen LogP contribution in [0.5, 0.6) is 0 Å². The van der Waals surface area contributed by atoms with E-state index in [2.05, 4.69) is 23.5 Å². The molecule has 0 radical (unpaired) electrons. The summed E-state index contributed by atoms with van der Waals surface area (Å²) in [7, 11) is 1.85. The molecular weight excluding hydrogens is 142 g/mol. The molecule has 0 bridgehead atoms. The normalized spacial score (nSPS) is 16.3. The van der Waals surface area contributed by atoms with Crippen LogP contribution in [-0.4, -0.2) is 12.0 Å². The summed E-state index contributed by atoms with van der Waals surface area (Å²) in [6, 6.07) is 0. The van der Waals surface area contributed by atoms with Gasteiger partial charge in [0, 0.05) is 12.6 Å². The second-order valence-electron chi connectivity index (χ2n) is 2.22. The minimum Gasteiger partial charge on any atom is -0.379 e. The van der Waals surface area contributed by atoms with Crippen molar-refractivity contribution in [2.45, 2.75) is 12.8 Å². The van der Waals surface area contributed by atoms with Gasteiger partial charge in [0.05, 0.1) is 0 Å². The van der Waals surface area contributed by atoms with E-state index in [0.717, 1.165) is 23.4 Å². The van der Waals surface area contributed by atoms with E-state index in [9.17, 15) is 0 Å². The van der Waals surface area contributed by atoms with Crippen molar-refractivity contribution < 1.29 is 0 Å². The van der Waals surface area contributed by atoms with Crippen molar-refractivity contribution in [3.05, 3.63) is 23.8 Å². The summed E-state index contributed by atoms with van der Waals surface area (Å²) in [6.07, 6.45) is 8.66. The summed E-state index contributed by atoms with van der Waals surface area (Å²) < 4.78 is 0. The number of nitrogens with one attached hydrogen (secondary N) is 1. The SMILES string of the molecule is CNC(=S)C1=CCCC=C1. The third kappa shape index (κ3) is 1.67. The first kappa shape index (κ1) is 7.48. The van der Waals surface area contributed by atoms with Crippen LogP contribution in [0.3, 0.4) is 0 Å². The maximum absolute atomic E-state index is 5.04.